The van der Waals surface area contributed by atoms with Crippen LogP contribution < -0.4 is 0 Å². The summed E-state index contributed by atoms with van der Waals surface area (Å²) in [5, 5.41) is 5.02. The number of aromatic nitrogens is 2. The molecule has 0 spiro atoms. The van der Waals surface area contributed by atoms with E-state index >= 15 is 0 Å². The summed E-state index contributed by atoms with van der Waals surface area (Å²) >= 11 is 0. The summed E-state index contributed by atoms with van der Waals surface area (Å²) in [6.45, 7) is 9.26. The van der Waals surface area contributed by atoms with Crippen LogP contribution in [0.25, 0.3) is 22.4 Å². The number of rotatable bonds is 8. The Bertz CT molecular complexity index is 1040. The molecule has 1 aromatic heterocycles. The van der Waals surface area contributed by atoms with E-state index < -0.39 is 0 Å². The van der Waals surface area contributed by atoms with Gasteiger partial charge in [-0.15, -0.1) is 6.58 Å². The molecule has 168 valence electrons. The number of nitrogens with zero attached hydrogens (tertiary/aromatic N) is 2. The number of hydrogen-bond donors (Lipinski definition) is 0. The SMILES string of the molecule is C=C(C)CCCC1CCC(Cn2nc(-c3cccc(F)c3)c(-c3ccccc3)c2C)CC1. The van der Waals surface area contributed by atoms with E-state index in [1.807, 2.05) is 12.1 Å². The Kier molecular flexibility index (Phi) is 7.24. The molecule has 32 heavy (non-hydrogen) atoms. The van der Waals surface area contributed by atoms with Crippen LogP contribution in [0.1, 0.15) is 57.6 Å². The van der Waals surface area contributed by atoms with Gasteiger partial charge in [0, 0.05) is 23.4 Å². The monoisotopic (exact) mass is 430 g/mol. The number of allylic oxidation sites excluding steroid dienone is 1. The highest BCUT2D eigenvalue weighted by Gasteiger charge is 2.24. The summed E-state index contributed by atoms with van der Waals surface area (Å²) in [5.41, 5.74) is 6.44. The van der Waals surface area contributed by atoms with E-state index in [1.54, 1.807) is 12.1 Å². The molecule has 1 aliphatic rings. The van der Waals surface area contributed by atoms with Gasteiger partial charge in [0.1, 0.15) is 11.5 Å². The lowest BCUT2D eigenvalue weighted by Gasteiger charge is -2.28. The van der Waals surface area contributed by atoms with Gasteiger partial charge in [-0.3, -0.25) is 4.68 Å². The summed E-state index contributed by atoms with van der Waals surface area (Å²) in [4.78, 5) is 0. The predicted octanol–water partition coefficient (Wildman–Crippen LogP) is 8.22. The normalized spacial score (nSPS) is 18.6. The molecule has 1 fully saturated rings. The molecule has 0 N–H and O–H groups in total. The highest BCUT2D eigenvalue weighted by molar-refractivity contribution is 5.82. The third-order valence-corrected chi connectivity index (χ3v) is 6.98. The van der Waals surface area contributed by atoms with Gasteiger partial charge in [-0.2, -0.15) is 5.10 Å². The minimum Gasteiger partial charge on any atom is -0.268 e. The summed E-state index contributed by atoms with van der Waals surface area (Å²) in [6, 6.07) is 17.2. The van der Waals surface area contributed by atoms with Crippen LogP contribution in [0, 0.1) is 24.6 Å². The smallest absolute Gasteiger partial charge is 0.123 e. The maximum atomic E-state index is 14.0. The van der Waals surface area contributed by atoms with Crippen molar-refractivity contribution in [3.8, 4) is 22.4 Å². The van der Waals surface area contributed by atoms with E-state index in [9.17, 15) is 4.39 Å². The third-order valence-electron chi connectivity index (χ3n) is 6.98. The molecule has 0 saturated heterocycles. The minimum absolute atomic E-state index is 0.223. The van der Waals surface area contributed by atoms with E-state index in [0.717, 1.165) is 41.3 Å². The zero-order valence-electron chi connectivity index (χ0n) is 19.5. The van der Waals surface area contributed by atoms with Crippen molar-refractivity contribution in [2.24, 2.45) is 11.8 Å². The van der Waals surface area contributed by atoms with Crippen molar-refractivity contribution in [3.63, 3.8) is 0 Å². The number of halogens is 1. The van der Waals surface area contributed by atoms with Gasteiger partial charge in [0.25, 0.3) is 0 Å². The Labute approximate surface area is 192 Å². The first-order valence-corrected chi connectivity index (χ1v) is 12.0. The second kappa shape index (κ2) is 10.3. The first-order valence-electron chi connectivity index (χ1n) is 12.0. The molecule has 3 heteroatoms. The first kappa shape index (κ1) is 22.5. The van der Waals surface area contributed by atoms with E-state index in [4.69, 9.17) is 5.10 Å². The Hall–Kier alpha value is -2.68. The number of hydrogen-bond acceptors (Lipinski definition) is 1. The molecule has 0 radical (unpaired) electrons. The standard InChI is InChI=1S/C29H35FN2/c1-21(2)9-7-10-23-15-17-24(18-16-23)20-32-22(3)28(25-11-5-4-6-12-25)29(31-32)26-13-8-14-27(30)19-26/h4-6,8,11-14,19,23-24H,1,7,9-10,15-18,20H2,2-3H3. The maximum Gasteiger partial charge on any atom is 0.123 e. The van der Waals surface area contributed by atoms with Crippen molar-refractivity contribution in [2.45, 2.75) is 65.3 Å². The van der Waals surface area contributed by atoms with Gasteiger partial charge in [0.15, 0.2) is 0 Å². The van der Waals surface area contributed by atoms with Crippen molar-refractivity contribution in [3.05, 3.63) is 78.3 Å². The van der Waals surface area contributed by atoms with Crippen LogP contribution in [0.5, 0.6) is 0 Å². The highest BCUT2D eigenvalue weighted by Crippen LogP contribution is 2.37. The van der Waals surface area contributed by atoms with Crippen molar-refractivity contribution >= 4 is 0 Å². The molecule has 1 saturated carbocycles. The van der Waals surface area contributed by atoms with Crippen molar-refractivity contribution < 1.29 is 4.39 Å². The first-order chi connectivity index (χ1) is 15.5. The molecule has 2 nitrogen and oxygen atoms in total. The van der Waals surface area contributed by atoms with Gasteiger partial charge >= 0.3 is 0 Å². The average molecular weight is 431 g/mol. The lowest BCUT2D eigenvalue weighted by Crippen LogP contribution is -2.20. The second-order valence-corrected chi connectivity index (χ2v) is 9.60. The molecule has 1 heterocycles. The molecule has 0 amide bonds. The minimum atomic E-state index is -0.223. The van der Waals surface area contributed by atoms with Crippen LogP contribution in [0.15, 0.2) is 66.7 Å². The molecule has 1 aliphatic carbocycles. The maximum absolute atomic E-state index is 14.0. The lowest BCUT2D eigenvalue weighted by atomic mass is 9.79. The highest BCUT2D eigenvalue weighted by atomic mass is 19.1. The molecule has 0 unspecified atom stereocenters. The predicted molar refractivity (Wildman–Crippen MR) is 132 cm³/mol. The molecular formula is C29H35FN2. The Morgan fingerprint density at radius 1 is 1.00 bits per heavy atom. The van der Waals surface area contributed by atoms with Crippen molar-refractivity contribution in [1.82, 2.24) is 9.78 Å². The fourth-order valence-electron chi connectivity index (χ4n) is 5.15. The molecule has 0 atom stereocenters. The van der Waals surface area contributed by atoms with E-state index in [2.05, 4.69) is 49.4 Å². The van der Waals surface area contributed by atoms with Gasteiger partial charge in [0.2, 0.25) is 0 Å². The van der Waals surface area contributed by atoms with Crippen LogP contribution in [0.4, 0.5) is 4.39 Å². The molecule has 4 rings (SSSR count). The van der Waals surface area contributed by atoms with Gasteiger partial charge in [-0.1, -0.05) is 67.3 Å². The summed E-state index contributed by atoms with van der Waals surface area (Å²) in [6.07, 6.45) is 8.97. The van der Waals surface area contributed by atoms with Gasteiger partial charge in [-0.25, -0.2) is 4.39 Å². The van der Waals surface area contributed by atoms with Crippen molar-refractivity contribution in [2.75, 3.05) is 0 Å². The fourth-order valence-corrected chi connectivity index (χ4v) is 5.15. The molecule has 2 aromatic carbocycles. The van der Waals surface area contributed by atoms with E-state index in [-0.39, 0.29) is 5.82 Å². The zero-order chi connectivity index (χ0) is 22.5. The largest absolute Gasteiger partial charge is 0.268 e. The second-order valence-electron chi connectivity index (χ2n) is 9.60. The van der Waals surface area contributed by atoms with Gasteiger partial charge in [-0.05, 0) is 69.1 Å². The zero-order valence-corrected chi connectivity index (χ0v) is 19.5. The summed E-state index contributed by atoms with van der Waals surface area (Å²) in [7, 11) is 0. The summed E-state index contributed by atoms with van der Waals surface area (Å²) < 4.78 is 16.2. The number of benzene rings is 2. The lowest BCUT2D eigenvalue weighted by molar-refractivity contribution is 0.234. The van der Waals surface area contributed by atoms with Crippen LogP contribution in [-0.4, -0.2) is 9.78 Å². The molecule has 3 aromatic rings. The van der Waals surface area contributed by atoms with Crippen LogP contribution in [0.3, 0.4) is 0 Å². The van der Waals surface area contributed by atoms with Crippen LogP contribution >= 0.6 is 0 Å². The van der Waals surface area contributed by atoms with Crippen LogP contribution in [-0.2, 0) is 6.54 Å². The Balaban J connectivity index is 1.52. The fraction of sp³-hybridized carbons (Fsp3) is 0.414. The van der Waals surface area contributed by atoms with Gasteiger partial charge in [0.05, 0.1) is 0 Å². The Morgan fingerprint density at radius 3 is 2.38 bits per heavy atom. The van der Waals surface area contributed by atoms with Gasteiger partial charge < -0.3 is 0 Å². The average Bonchev–Trinajstić information content (AvgIpc) is 3.11. The Morgan fingerprint density at radius 2 is 1.69 bits per heavy atom. The third kappa shape index (κ3) is 5.38. The summed E-state index contributed by atoms with van der Waals surface area (Å²) in [5.74, 6) is 1.31. The molecule has 0 aliphatic heterocycles. The topological polar surface area (TPSA) is 17.8 Å². The molecular weight excluding hydrogens is 395 g/mol. The molecule has 0 bridgehead atoms. The van der Waals surface area contributed by atoms with E-state index in [0.29, 0.717) is 5.92 Å². The van der Waals surface area contributed by atoms with E-state index in [1.165, 1.54) is 55.9 Å². The van der Waals surface area contributed by atoms with Crippen molar-refractivity contribution in [1.29, 1.82) is 0 Å². The quantitative estimate of drug-likeness (QED) is 0.329. The van der Waals surface area contributed by atoms with Crippen LogP contribution in [0.2, 0.25) is 0 Å².